The summed E-state index contributed by atoms with van der Waals surface area (Å²) in [5, 5.41) is 12.4. The molecule has 0 unspecified atom stereocenters. The van der Waals surface area contributed by atoms with E-state index < -0.39 is 23.0 Å². The van der Waals surface area contributed by atoms with Crippen molar-refractivity contribution in [1.29, 1.82) is 0 Å². The molecule has 0 atom stereocenters. The molecule has 170 valence electrons. The minimum atomic E-state index is -4.10. The van der Waals surface area contributed by atoms with Crippen LogP contribution in [0.2, 0.25) is 0 Å². The Hall–Kier alpha value is -3.05. The predicted octanol–water partition coefficient (Wildman–Crippen LogP) is 2.46. The molecule has 0 spiro atoms. The van der Waals surface area contributed by atoms with Crippen LogP contribution in [0.15, 0.2) is 71.6 Å². The van der Waals surface area contributed by atoms with Gasteiger partial charge in [-0.1, -0.05) is 36.4 Å². The van der Waals surface area contributed by atoms with Crippen LogP contribution in [0.5, 0.6) is 5.75 Å². The van der Waals surface area contributed by atoms with Crippen LogP contribution in [0.4, 0.5) is 11.4 Å². The molecule has 0 radical (unpaired) electrons. The van der Waals surface area contributed by atoms with Crippen LogP contribution in [-0.2, 0) is 32.7 Å². The molecule has 1 aliphatic heterocycles. The number of carbonyl (C=O) groups is 1. The molecule has 33 heavy (non-hydrogen) atoms. The molecule has 11 heteroatoms. The third kappa shape index (κ3) is 5.48. The van der Waals surface area contributed by atoms with Crippen molar-refractivity contribution in [2.24, 2.45) is 0 Å². The number of alkyl halides is 1. The summed E-state index contributed by atoms with van der Waals surface area (Å²) in [6.07, 6.45) is 0. The minimum Gasteiger partial charge on any atom is -0.489 e. The maximum atomic E-state index is 13.1. The van der Waals surface area contributed by atoms with Crippen molar-refractivity contribution >= 4 is 51.5 Å². The second-order valence-corrected chi connectivity index (χ2v) is 9.21. The van der Waals surface area contributed by atoms with Crippen molar-refractivity contribution in [1.82, 2.24) is 0 Å². The fraction of sp³-hybridized carbons (Fsp3) is 0.136. The van der Waals surface area contributed by atoms with Crippen LogP contribution >= 0.6 is 11.6 Å². The first-order chi connectivity index (χ1) is 15.9. The largest absolute Gasteiger partial charge is 0.491 e. The van der Waals surface area contributed by atoms with Gasteiger partial charge in [0, 0.05) is 11.8 Å². The average molecular weight is 487 g/mol. The van der Waals surface area contributed by atoms with E-state index >= 15 is 0 Å². The Bertz CT molecular complexity index is 1270. The monoisotopic (exact) mass is 486 g/mol. The van der Waals surface area contributed by atoms with Gasteiger partial charge in [0.05, 0.1) is 12.3 Å². The maximum Gasteiger partial charge on any atom is 0.491 e. The second-order valence-electron chi connectivity index (χ2n) is 7.30. The first kappa shape index (κ1) is 23.1. The fourth-order valence-corrected chi connectivity index (χ4v) is 4.60. The number of sulfonamides is 1. The van der Waals surface area contributed by atoms with Crippen LogP contribution in [0, 0.1) is 0 Å². The van der Waals surface area contributed by atoms with Gasteiger partial charge < -0.3 is 19.7 Å². The van der Waals surface area contributed by atoms with Gasteiger partial charge in [0.15, 0.2) is 0 Å². The first-order valence-electron chi connectivity index (χ1n) is 9.97. The highest BCUT2D eigenvalue weighted by Gasteiger charge is 2.28. The first-order valence-corrected chi connectivity index (χ1v) is 12.0. The van der Waals surface area contributed by atoms with Gasteiger partial charge in [-0.3, -0.25) is 9.52 Å². The number of benzene rings is 3. The van der Waals surface area contributed by atoms with E-state index in [1.165, 1.54) is 24.3 Å². The summed E-state index contributed by atoms with van der Waals surface area (Å²) in [6, 6.07) is 18.5. The summed E-state index contributed by atoms with van der Waals surface area (Å²) in [6.45, 7) is 0.524. The highest BCUT2D eigenvalue weighted by molar-refractivity contribution is 7.92. The van der Waals surface area contributed by atoms with E-state index in [4.69, 9.17) is 21.0 Å². The quantitative estimate of drug-likeness (QED) is 0.333. The van der Waals surface area contributed by atoms with E-state index in [2.05, 4.69) is 10.0 Å². The summed E-state index contributed by atoms with van der Waals surface area (Å²) in [7, 11) is -5.21. The topological polar surface area (TPSA) is 114 Å². The van der Waals surface area contributed by atoms with Crippen LogP contribution in [-0.4, -0.2) is 32.3 Å². The Balaban J connectivity index is 1.60. The average Bonchev–Trinajstić information content (AvgIpc) is 3.18. The van der Waals surface area contributed by atoms with Crippen molar-refractivity contribution in [3.05, 3.63) is 77.9 Å². The third-order valence-electron chi connectivity index (χ3n) is 4.95. The van der Waals surface area contributed by atoms with Gasteiger partial charge in [-0.15, -0.1) is 11.6 Å². The molecule has 1 aliphatic rings. The van der Waals surface area contributed by atoms with Gasteiger partial charge in [-0.05, 0) is 40.9 Å². The van der Waals surface area contributed by atoms with Gasteiger partial charge in [-0.25, -0.2) is 8.42 Å². The molecule has 0 saturated carbocycles. The molecule has 1 heterocycles. The summed E-state index contributed by atoms with van der Waals surface area (Å²) in [5.74, 6) is -0.531. The van der Waals surface area contributed by atoms with E-state index in [-0.39, 0.29) is 35.4 Å². The molecule has 3 aromatic carbocycles. The second kappa shape index (κ2) is 9.84. The number of nitrogens with one attached hydrogen (secondary N) is 2. The number of carbonyl (C=O) groups excluding carboxylic acids is 1. The van der Waals surface area contributed by atoms with Crippen LogP contribution < -0.4 is 20.2 Å². The van der Waals surface area contributed by atoms with Crippen molar-refractivity contribution in [3.63, 3.8) is 0 Å². The van der Waals surface area contributed by atoms with E-state index in [9.17, 15) is 18.2 Å². The number of fused-ring (bicyclic) bond motifs is 1. The molecule has 0 aromatic heterocycles. The Morgan fingerprint density at radius 2 is 1.91 bits per heavy atom. The minimum absolute atomic E-state index is 0.0308. The van der Waals surface area contributed by atoms with Crippen LogP contribution in [0.25, 0.3) is 0 Å². The predicted molar refractivity (Wildman–Crippen MR) is 126 cm³/mol. The summed E-state index contributed by atoms with van der Waals surface area (Å²) in [5.41, 5.74) is 2.49. The van der Waals surface area contributed by atoms with Gasteiger partial charge in [-0.2, -0.15) is 0 Å². The lowest BCUT2D eigenvalue weighted by Gasteiger charge is -2.15. The number of rotatable bonds is 8. The normalized spacial score (nSPS) is 12.8. The zero-order valence-electron chi connectivity index (χ0n) is 17.3. The van der Waals surface area contributed by atoms with Gasteiger partial charge in [0.1, 0.15) is 23.1 Å². The van der Waals surface area contributed by atoms with E-state index in [0.717, 1.165) is 11.1 Å². The van der Waals surface area contributed by atoms with Gasteiger partial charge in [0.25, 0.3) is 10.0 Å². The van der Waals surface area contributed by atoms with Gasteiger partial charge in [0.2, 0.25) is 5.91 Å². The lowest BCUT2D eigenvalue weighted by Crippen LogP contribution is -2.28. The Kier molecular flexibility index (Phi) is 6.89. The molecule has 8 nitrogen and oxygen atoms in total. The van der Waals surface area contributed by atoms with E-state index in [1.54, 1.807) is 12.1 Å². The molecular formula is C22H20BClN2O6S. The van der Waals surface area contributed by atoms with Crippen LogP contribution in [0.1, 0.15) is 11.1 Å². The highest BCUT2D eigenvalue weighted by Crippen LogP contribution is 2.29. The molecule has 4 rings (SSSR count). The summed E-state index contributed by atoms with van der Waals surface area (Å²) < 4.78 is 39.6. The number of hydrogen-bond donors (Lipinski definition) is 3. The number of halogens is 1. The van der Waals surface area contributed by atoms with Crippen molar-refractivity contribution in [3.8, 4) is 5.75 Å². The van der Waals surface area contributed by atoms with Crippen molar-refractivity contribution in [2.75, 3.05) is 15.9 Å². The Morgan fingerprint density at radius 1 is 1.12 bits per heavy atom. The van der Waals surface area contributed by atoms with Crippen LogP contribution in [0.3, 0.4) is 0 Å². The van der Waals surface area contributed by atoms with E-state index in [1.807, 2.05) is 30.3 Å². The zero-order chi connectivity index (χ0) is 23.4. The number of hydrogen-bond acceptors (Lipinski definition) is 6. The summed E-state index contributed by atoms with van der Waals surface area (Å²) >= 11 is 5.60. The molecule has 1 amide bonds. The van der Waals surface area contributed by atoms with Gasteiger partial charge >= 0.3 is 7.12 Å². The van der Waals surface area contributed by atoms with Crippen molar-refractivity contribution in [2.45, 2.75) is 18.1 Å². The standard InChI is InChI=1S/C22H20BClN2O6S/c24-12-22(27)25-20-11-18(31-13-15-4-2-1-3-5-15)8-9-21(20)33(29,30)26-17-7-6-16-14-32-23(28)19(16)10-17/h1-11,26,28H,12-14H2,(H,25,27). The number of amides is 1. The molecule has 3 aromatic rings. The molecule has 0 fully saturated rings. The Morgan fingerprint density at radius 3 is 2.67 bits per heavy atom. The smallest absolute Gasteiger partial charge is 0.489 e. The summed E-state index contributed by atoms with van der Waals surface area (Å²) in [4.78, 5) is 11.8. The lowest BCUT2D eigenvalue weighted by molar-refractivity contribution is -0.113. The van der Waals surface area contributed by atoms with Crippen molar-refractivity contribution < 1.29 is 27.6 Å². The SMILES string of the molecule is O=C(CCl)Nc1cc(OCc2ccccc2)ccc1S(=O)(=O)Nc1ccc2c(c1)B(O)OC2. The highest BCUT2D eigenvalue weighted by atomic mass is 35.5. The molecule has 0 saturated heterocycles. The molecule has 0 aliphatic carbocycles. The zero-order valence-corrected chi connectivity index (χ0v) is 18.9. The Labute approximate surface area is 196 Å². The molecule has 0 bridgehead atoms. The third-order valence-corrected chi connectivity index (χ3v) is 6.63. The maximum absolute atomic E-state index is 13.1. The molecular weight excluding hydrogens is 467 g/mol. The number of ether oxygens (including phenoxy) is 1. The van der Waals surface area contributed by atoms with E-state index in [0.29, 0.717) is 11.2 Å². The number of anilines is 2. The lowest BCUT2D eigenvalue weighted by atomic mass is 9.79. The molecule has 3 N–H and O–H groups in total. The fourth-order valence-electron chi connectivity index (χ4n) is 3.34.